The van der Waals surface area contributed by atoms with Crippen LogP contribution in [0.15, 0.2) is 59.2 Å². The number of rotatable bonds is 5. The lowest BCUT2D eigenvalue weighted by molar-refractivity contribution is 0.982. The fraction of sp³-hybridized carbons (Fsp3) is 0.118. The van der Waals surface area contributed by atoms with Gasteiger partial charge in [-0.25, -0.2) is 0 Å². The molecule has 0 saturated heterocycles. The normalized spacial score (nSPS) is 10.3. The summed E-state index contributed by atoms with van der Waals surface area (Å²) in [6, 6.07) is 15.9. The zero-order valence-corrected chi connectivity index (χ0v) is 14.9. The van der Waals surface area contributed by atoms with E-state index >= 15 is 0 Å². The van der Waals surface area contributed by atoms with Gasteiger partial charge in [0, 0.05) is 35.6 Å². The molecule has 0 unspecified atom stereocenters. The summed E-state index contributed by atoms with van der Waals surface area (Å²) in [5.41, 5.74) is 2.96. The highest BCUT2D eigenvalue weighted by molar-refractivity contribution is 9.10. The summed E-state index contributed by atoms with van der Waals surface area (Å²) >= 11 is 3.44. The Kier molecular flexibility index (Phi) is 4.90. The maximum atomic E-state index is 4.43. The maximum absolute atomic E-state index is 4.43. The molecule has 0 aliphatic heterocycles. The monoisotopic (exact) mass is 384 g/mol. The molecule has 2 aromatic carbocycles. The Balaban J connectivity index is 1.73. The Hall–Kier alpha value is -2.67. The van der Waals surface area contributed by atoms with Gasteiger partial charge >= 0.3 is 0 Å². The summed E-state index contributed by atoms with van der Waals surface area (Å²) in [7, 11) is 4.02. The first kappa shape index (κ1) is 16.2. The first-order valence-electron chi connectivity index (χ1n) is 7.37. The van der Waals surface area contributed by atoms with E-state index in [1.807, 2.05) is 62.6 Å². The number of hydrogen-bond donors (Lipinski definition) is 2. The predicted octanol–water partition coefficient (Wildman–Crippen LogP) is 4.19. The first-order chi connectivity index (χ1) is 11.6. The molecule has 3 rings (SSSR count). The van der Waals surface area contributed by atoms with Crippen molar-refractivity contribution in [3.05, 3.63) is 59.2 Å². The Morgan fingerprint density at radius 2 is 1.75 bits per heavy atom. The van der Waals surface area contributed by atoms with Gasteiger partial charge in [0.15, 0.2) is 5.82 Å². The molecule has 0 aliphatic rings. The van der Waals surface area contributed by atoms with Crippen LogP contribution in [-0.2, 0) is 0 Å². The minimum Gasteiger partial charge on any atom is -0.378 e. The van der Waals surface area contributed by atoms with Crippen LogP contribution < -0.4 is 15.5 Å². The lowest BCUT2D eigenvalue weighted by Gasteiger charge is -2.13. The minimum atomic E-state index is 0.433. The molecule has 6 nitrogen and oxygen atoms in total. The summed E-state index contributed by atoms with van der Waals surface area (Å²) in [4.78, 5) is 6.48. The number of nitrogens with zero attached hydrogens (tertiary/aromatic N) is 4. The van der Waals surface area contributed by atoms with Gasteiger partial charge in [-0.1, -0.05) is 22.0 Å². The summed E-state index contributed by atoms with van der Waals surface area (Å²) in [5.74, 6) is 1.06. The van der Waals surface area contributed by atoms with E-state index < -0.39 is 0 Å². The second-order valence-corrected chi connectivity index (χ2v) is 6.28. The number of benzene rings is 2. The summed E-state index contributed by atoms with van der Waals surface area (Å²) in [5, 5.41) is 14.4. The highest BCUT2D eigenvalue weighted by atomic mass is 79.9. The molecular formula is C17H17BrN6. The lowest BCUT2D eigenvalue weighted by Crippen LogP contribution is -2.08. The van der Waals surface area contributed by atoms with Crippen LogP contribution in [-0.4, -0.2) is 29.3 Å². The van der Waals surface area contributed by atoms with Gasteiger partial charge in [0.2, 0.25) is 5.95 Å². The maximum Gasteiger partial charge on any atom is 0.249 e. The average molecular weight is 385 g/mol. The van der Waals surface area contributed by atoms with Crippen molar-refractivity contribution < 1.29 is 0 Å². The van der Waals surface area contributed by atoms with Crippen molar-refractivity contribution in [2.24, 2.45) is 0 Å². The van der Waals surface area contributed by atoms with E-state index in [4.69, 9.17) is 0 Å². The molecule has 0 radical (unpaired) electrons. The second kappa shape index (κ2) is 7.27. The molecule has 0 spiro atoms. The molecule has 0 atom stereocenters. The fourth-order valence-electron chi connectivity index (χ4n) is 2.10. The van der Waals surface area contributed by atoms with Crippen molar-refractivity contribution in [2.75, 3.05) is 29.6 Å². The van der Waals surface area contributed by atoms with E-state index in [1.165, 1.54) is 0 Å². The SMILES string of the molecule is CN(C)c1ccc(Nc2cnnc(Nc3cccc(Br)c3)n2)cc1. The van der Waals surface area contributed by atoms with Crippen LogP contribution in [0.1, 0.15) is 0 Å². The molecular weight excluding hydrogens is 368 g/mol. The highest BCUT2D eigenvalue weighted by Crippen LogP contribution is 2.21. The summed E-state index contributed by atoms with van der Waals surface area (Å²) in [6.45, 7) is 0. The van der Waals surface area contributed by atoms with Gasteiger partial charge in [-0.3, -0.25) is 0 Å². The van der Waals surface area contributed by atoms with Crippen LogP contribution >= 0.6 is 15.9 Å². The van der Waals surface area contributed by atoms with Crippen LogP contribution in [0.2, 0.25) is 0 Å². The van der Waals surface area contributed by atoms with Crippen molar-refractivity contribution in [2.45, 2.75) is 0 Å². The van der Waals surface area contributed by atoms with Gasteiger partial charge < -0.3 is 15.5 Å². The zero-order valence-electron chi connectivity index (χ0n) is 13.4. The number of halogens is 1. The highest BCUT2D eigenvalue weighted by Gasteiger charge is 2.03. The number of nitrogens with one attached hydrogen (secondary N) is 2. The van der Waals surface area contributed by atoms with Crippen molar-refractivity contribution in [3.8, 4) is 0 Å². The Bertz CT molecular complexity index is 819. The molecule has 1 heterocycles. The lowest BCUT2D eigenvalue weighted by atomic mass is 10.2. The molecule has 1 aromatic heterocycles. The van der Waals surface area contributed by atoms with Gasteiger partial charge in [0.1, 0.15) is 0 Å². The topological polar surface area (TPSA) is 66.0 Å². The molecule has 122 valence electrons. The third-order valence-electron chi connectivity index (χ3n) is 3.30. The second-order valence-electron chi connectivity index (χ2n) is 5.37. The van der Waals surface area contributed by atoms with Crippen molar-refractivity contribution in [3.63, 3.8) is 0 Å². The minimum absolute atomic E-state index is 0.433. The largest absolute Gasteiger partial charge is 0.378 e. The van der Waals surface area contributed by atoms with Crippen molar-refractivity contribution >= 4 is 44.8 Å². The number of hydrogen-bond acceptors (Lipinski definition) is 6. The third-order valence-corrected chi connectivity index (χ3v) is 3.79. The number of anilines is 5. The molecule has 0 fully saturated rings. The fourth-order valence-corrected chi connectivity index (χ4v) is 2.50. The van der Waals surface area contributed by atoms with Gasteiger partial charge in [0.25, 0.3) is 0 Å². The Morgan fingerprint density at radius 1 is 0.958 bits per heavy atom. The summed E-state index contributed by atoms with van der Waals surface area (Å²) < 4.78 is 0.982. The Morgan fingerprint density at radius 3 is 2.46 bits per heavy atom. The van der Waals surface area contributed by atoms with E-state index in [9.17, 15) is 0 Å². The standard InChI is InChI=1S/C17H17BrN6/c1-24(2)15-8-6-13(7-9-15)20-16-11-19-23-17(22-16)21-14-5-3-4-12(18)10-14/h3-11H,1-2H3,(H2,20,21,22,23). The number of aromatic nitrogens is 3. The third kappa shape index (κ3) is 4.20. The van der Waals surface area contributed by atoms with Crippen LogP contribution in [0.25, 0.3) is 0 Å². The first-order valence-corrected chi connectivity index (χ1v) is 8.16. The van der Waals surface area contributed by atoms with Gasteiger partial charge in [-0.05, 0) is 42.5 Å². The molecule has 3 aromatic rings. The van der Waals surface area contributed by atoms with E-state index in [1.54, 1.807) is 6.20 Å². The molecule has 0 saturated carbocycles. The molecule has 24 heavy (non-hydrogen) atoms. The van der Waals surface area contributed by atoms with Gasteiger partial charge in [0.05, 0.1) is 6.20 Å². The van der Waals surface area contributed by atoms with Crippen LogP contribution in [0.3, 0.4) is 0 Å². The van der Waals surface area contributed by atoms with Crippen molar-refractivity contribution in [1.82, 2.24) is 15.2 Å². The van der Waals surface area contributed by atoms with Crippen LogP contribution in [0.4, 0.5) is 28.8 Å². The quantitative estimate of drug-likeness (QED) is 0.687. The molecule has 7 heteroatoms. The van der Waals surface area contributed by atoms with Crippen LogP contribution in [0, 0.1) is 0 Å². The zero-order chi connectivity index (χ0) is 16.9. The van der Waals surface area contributed by atoms with Gasteiger partial charge in [-0.15, -0.1) is 5.10 Å². The van der Waals surface area contributed by atoms with Crippen molar-refractivity contribution in [1.29, 1.82) is 0 Å². The molecule has 0 amide bonds. The van der Waals surface area contributed by atoms with E-state index in [0.29, 0.717) is 11.8 Å². The van der Waals surface area contributed by atoms with E-state index in [0.717, 1.165) is 21.5 Å². The molecule has 2 N–H and O–H groups in total. The molecule has 0 aliphatic carbocycles. The summed E-state index contributed by atoms with van der Waals surface area (Å²) in [6.07, 6.45) is 1.59. The van der Waals surface area contributed by atoms with Crippen LogP contribution in [0.5, 0.6) is 0 Å². The average Bonchev–Trinajstić information content (AvgIpc) is 2.56. The van der Waals surface area contributed by atoms with Gasteiger partial charge in [-0.2, -0.15) is 10.1 Å². The smallest absolute Gasteiger partial charge is 0.249 e. The van der Waals surface area contributed by atoms with E-state index in [2.05, 4.69) is 46.6 Å². The predicted molar refractivity (Wildman–Crippen MR) is 101 cm³/mol. The van der Waals surface area contributed by atoms with E-state index in [-0.39, 0.29) is 0 Å². The Labute approximate surface area is 149 Å². The molecule has 0 bridgehead atoms.